The van der Waals surface area contributed by atoms with Crippen LogP contribution in [-0.2, 0) is 4.43 Å². The first-order chi connectivity index (χ1) is 11.9. The second kappa shape index (κ2) is 8.56. The number of aliphatic hydroxyl groups is 1. The van der Waals surface area contributed by atoms with Crippen LogP contribution < -0.4 is 10.4 Å². The van der Waals surface area contributed by atoms with Crippen LogP contribution in [0.5, 0.6) is 0 Å². The lowest BCUT2D eigenvalue weighted by molar-refractivity contribution is 0.289. The standard InChI is InChI=1S/C21H27FO2Si/c1-21(2,3)25(19-12-6-4-7-13-19,20-14-8-5-9-15-20)24-17-18(22)11-10-16-23/h4-9,11-15,23H,10,16-17H2,1-3H3/b18-11+. The van der Waals surface area contributed by atoms with Gasteiger partial charge in [-0.05, 0) is 27.9 Å². The quantitative estimate of drug-likeness (QED) is 0.763. The fraction of sp³-hybridized carbons (Fsp3) is 0.333. The summed E-state index contributed by atoms with van der Waals surface area (Å²) >= 11 is 0. The van der Waals surface area contributed by atoms with Crippen molar-refractivity contribution in [3.63, 3.8) is 0 Å². The van der Waals surface area contributed by atoms with Crippen LogP contribution in [0.25, 0.3) is 0 Å². The summed E-state index contributed by atoms with van der Waals surface area (Å²) < 4.78 is 20.6. The third-order valence-corrected chi connectivity index (χ3v) is 9.32. The van der Waals surface area contributed by atoms with E-state index in [9.17, 15) is 4.39 Å². The number of hydrogen-bond acceptors (Lipinski definition) is 2. The van der Waals surface area contributed by atoms with E-state index in [-0.39, 0.29) is 24.1 Å². The predicted molar refractivity (Wildman–Crippen MR) is 104 cm³/mol. The smallest absolute Gasteiger partial charge is 0.261 e. The minimum atomic E-state index is -2.69. The summed E-state index contributed by atoms with van der Waals surface area (Å²) in [7, 11) is -2.69. The summed E-state index contributed by atoms with van der Waals surface area (Å²) in [6.45, 7) is 6.34. The van der Waals surface area contributed by atoms with Crippen molar-refractivity contribution in [1.82, 2.24) is 0 Å². The maximum Gasteiger partial charge on any atom is 0.261 e. The molecule has 0 spiro atoms. The minimum absolute atomic E-state index is 0.0629. The molecule has 2 rings (SSSR count). The summed E-state index contributed by atoms with van der Waals surface area (Å²) in [6.07, 6.45) is 1.70. The SMILES string of the molecule is CC(C)(C)[Si](OC/C(F)=C\CCO)(c1ccccc1)c1ccccc1. The molecule has 0 aromatic heterocycles. The number of benzene rings is 2. The summed E-state index contributed by atoms with van der Waals surface area (Å²) in [5.74, 6) is -0.331. The van der Waals surface area contributed by atoms with E-state index >= 15 is 0 Å². The summed E-state index contributed by atoms with van der Waals surface area (Å²) in [4.78, 5) is 0. The Labute approximate surface area is 151 Å². The Morgan fingerprint density at radius 3 is 1.88 bits per heavy atom. The molecule has 0 aliphatic carbocycles. The van der Waals surface area contributed by atoms with E-state index in [0.717, 1.165) is 10.4 Å². The normalized spacial score (nSPS) is 13.1. The highest BCUT2D eigenvalue weighted by Gasteiger charge is 2.50. The van der Waals surface area contributed by atoms with E-state index in [1.807, 2.05) is 36.4 Å². The zero-order valence-corrected chi connectivity index (χ0v) is 16.2. The average molecular weight is 359 g/mol. The van der Waals surface area contributed by atoms with Crippen molar-refractivity contribution in [2.24, 2.45) is 0 Å². The lowest BCUT2D eigenvalue weighted by Crippen LogP contribution is -2.66. The molecule has 0 unspecified atom stereocenters. The van der Waals surface area contributed by atoms with Crippen molar-refractivity contribution in [2.75, 3.05) is 13.2 Å². The van der Waals surface area contributed by atoms with Crippen LogP contribution in [0.1, 0.15) is 27.2 Å². The van der Waals surface area contributed by atoms with Crippen molar-refractivity contribution in [3.05, 3.63) is 72.6 Å². The van der Waals surface area contributed by atoms with Crippen LogP contribution in [0.15, 0.2) is 72.6 Å². The second-order valence-electron chi connectivity index (χ2n) is 7.12. The number of rotatable bonds is 7. The molecule has 0 saturated heterocycles. The highest BCUT2D eigenvalue weighted by atomic mass is 28.4. The number of aliphatic hydroxyl groups excluding tert-OH is 1. The van der Waals surface area contributed by atoms with E-state index in [1.165, 1.54) is 6.08 Å². The van der Waals surface area contributed by atoms with E-state index in [4.69, 9.17) is 9.53 Å². The van der Waals surface area contributed by atoms with Crippen LogP contribution in [0, 0.1) is 0 Å². The molecule has 2 nitrogen and oxygen atoms in total. The summed E-state index contributed by atoms with van der Waals surface area (Å²) in [6, 6.07) is 20.3. The fourth-order valence-electron chi connectivity index (χ4n) is 3.22. The largest absolute Gasteiger partial charge is 0.401 e. The zero-order valence-electron chi connectivity index (χ0n) is 15.2. The van der Waals surface area contributed by atoms with Crippen molar-refractivity contribution in [3.8, 4) is 0 Å². The van der Waals surface area contributed by atoms with E-state index in [1.54, 1.807) is 0 Å². The molecule has 0 bridgehead atoms. The van der Waals surface area contributed by atoms with Crippen molar-refractivity contribution in [2.45, 2.75) is 32.2 Å². The molecule has 0 aliphatic heterocycles. The maximum atomic E-state index is 14.2. The third-order valence-electron chi connectivity index (χ3n) is 4.34. The number of halogens is 1. The highest BCUT2D eigenvalue weighted by Crippen LogP contribution is 2.37. The van der Waals surface area contributed by atoms with Gasteiger partial charge in [-0.25, -0.2) is 4.39 Å². The molecule has 134 valence electrons. The fourth-order valence-corrected chi connectivity index (χ4v) is 7.73. The van der Waals surface area contributed by atoms with Crippen LogP contribution in [0.4, 0.5) is 4.39 Å². The Morgan fingerprint density at radius 2 is 1.48 bits per heavy atom. The number of hydrogen-bond donors (Lipinski definition) is 1. The molecule has 0 heterocycles. The molecule has 25 heavy (non-hydrogen) atoms. The van der Waals surface area contributed by atoms with Gasteiger partial charge in [-0.3, -0.25) is 0 Å². The van der Waals surface area contributed by atoms with Gasteiger partial charge < -0.3 is 9.53 Å². The molecule has 2 aromatic rings. The Hall–Kier alpha value is -1.75. The van der Waals surface area contributed by atoms with Gasteiger partial charge in [0.2, 0.25) is 0 Å². The molecule has 0 amide bonds. The van der Waals surface area contributed by atoms with E-state index < -0.39 is 8.32 Å². The van der Waals surface area contributed by atoms with Gasteiger partial charge in [0, 0.05) is 6.61 Å². The van der Waals surface area contributed by atoms with Gasteiger partial charge in [0.1, 0.15) is 5.83 Å². The predicted octanol–water partition coefficient (Wildman–Crippen LogP) is 3.80. The van der Waals surface area contributed by atoms with E-state index in [2.05, 4.69) is 45.0 Å². The van der Waals surface area contributed by atoms with Gasteiger partial charge in [-0.15, -0.1) is 0 Å². The van der Waals surface area contributed by atoms with Crippen LogP contribution >= 0.6 is 0 Å². The molecular weight excluding hydrogens is 331 g/mol. The lowest BCUT2D eigenvalue weighted by atomic mass is 10.2. The first kappa shape index (κ1) is 19.6. The Balaban J connectivity index is 2.53. The highest BCUT2D eigenvalue weighted by molar-refractivity contribution is 6.99. The van der Waals surface area contributed by atoms with Crippen LogP contribution in [0.2, 0.25) is 5.04 Å². The second-order valence-corrected chi connectivity index (χ2v) is 11.4. The Bertz CT molecular complexity index is 639. The Kier molecular flexibility index (Phi) is 6.70. The van der Waals surface area contributed by atoms with Crippen molar-refractivity contribution >= 4 is 18.7 Å². The van der Waals surface area contributed by atoms with Crippen molar-refractivity contribution in [1.29, 1.82) is 0 Å². The van der Waals surface area contributed by atoms with Gasteiger partial charge in [0.15, 0.2) is 0 Å². The first-order valence-electron chi connectivity index (χ1n) is 8.62. The van der Waals surface area contributed by atoms with Gasteiger partial charge in [-0.1, -0.05) is 81.4 Å². The maximum absolute atomic E-state index is 14.2. The van der Waals surface area contributed by atoms with Gasteiger partial charge in [-0.2, -0.15) is 0 Å². The summed E-state index contributed by atoms with van der Waals surface area (Å²) in [5.41, 5.74) is 0. The van der Waals surface area contributed by atoms with Crippen molar-refractivity contribution < 1.29 is 13.9 Å². The van der Waals surface area contributed by atoms with Crippen LogP contribution in [0.3, 0.4) is 0 Å². The minimum Gasteiger partial charge on any atom is -0.401 e. The monoisotopic (exact) mass is 358 g/mol. The van der Waals surface area contributed by atoms with Crippen LogP contribution in [-0.4, -0.2) is 26.6 Å². The molecular formula is C21H27FO2Si. The Morgan fingerprint density at radius 1 is 1.00 bits per heavy atom. The molecule has 0 saturated carbocycles. The lowest BCUT2D eigenvalue weighted by Gasteiger charge is -2.42. The molecule has 0 atom stereocenters. The molecule has 0 radical (unpaired) electrons. The molecule has 2 aromatic carbocycles. The summed E-state index contributed by atoms with van der Waals surface area (Å²) in [5, 5.41) is 11.0. The molecule has 1 N–H and O–H groups in total. The third kappa shape index (κ3) is 4.45. The van der Waals surface area contributed by atoms with Gasteiger partial charge in [0.25, 0.3) is 8.32 Å². The average Bonchev–Trinajstić information content (AvgIpc) is 2.61. The van der Waals surface area contributed by atoms with Gasteiger partial charge >= 0.3 is 0 Å². The topological polar surface area (TPSA) is 29.5 Å². The van der Waals surface area contributed by atoms with E-state index in [0.29, 0.717) is 6.42 Å². The zero-order chi connectivity index (χ0) is 18.3. The molecule has 4 heteroatoms. The molecule has 0 fully saturated rings. The first-order valence-corrected chi connectivity index (χ1v) is 10.5. The van der Waals surface area contributed by atoms with Gasteiger partial charge in [0.05, 0.1) is 6.61 Å². The molecule has 0 aliphatic rings.